The predicted octanol–water partition coefficient (Wildman–Crippen LogP) is 2.29. The summed E-state index contributed by atoms with van der Waals surface area (Å²) in [7, 11) is 0. The zero-order valence-electron chi connectivity index (χ0n) is 11.6. The molecule has 0 aliphatic rings. The SMILES string of the molecule is O=[N+]([O-])c1cccc(CNCC(O)Cc2ccccc2)c1. The van der Waals surface area contributed by atoms with Gasteiger partial charge in [-0.15, -0.1) is 0 Å². The smallest absolute Gasteiger partial charge is 0.269 e. The number of nitro benzene ring substituents is 1. The molecule has 5 nitrogen and oxygen atoms in total. The molecule has 0 spiro atoms. The van der Waals surface area contributed by atoms with Crippen LogP contribution in [0.3, 0.4) is 0 Å². The van der Waals surface area contributed by atoms with Gasteiger partial charge in [0.1, 0.15) is 0 Å². The van der Waals surface area contributed by atoms with Crippen molar-refractivity contribution in [1.29, 1.82) is 0 Å². The molecule has 0 fully saturated rings. The molecule has 0 radical (unpaired) electrons. The molecule has 0 saturated carbocycles. The van der Waals surface area contributed by atoms with E-state index >= 15 is 0 Å². The lowest BCUT2D eigenvalue weighted by Gasteiger charge is -2.12. The number of nitrogens with zero attached hydrogens (tertiary/aromatic N) is 1. The van der Waals surface area contributed by atoms with E-state index in [1.54, 1.807) is 6.07 Å². The second-order valence-electron chi connectivity index (χ2n) is 4.90. The molecular weight excluding hydrogens is 268 g/mol. The first-order valence-corrected chi connectivity index (χ1v) is 6.81. The van der Waals surface area contributed by atoms with Crippen molar-refractivity contribution in [3.8, 4) is 0 Å². The Bertz CT molecular complexity index is 587. The van der Waals surface area contributed by atoms with Crippen molar-refractivity contribution in [2.45, 2.75) is 19.1 Å². The topological polar surface area (TPSA) is 75.4 Å². The van der Waals surface area contributed by atoms with Gasteiger partial charge in [0.15, 0.2) is 0 Å². The first-order valence-electron chi connectivity index (χ1n) is 6.81. The molecule has 5 heteroatoms. The molecule has 2 aromatic rings. The summed E-state index contributed by atoms with van der Waals surface area (Å²) < 4.78 is 0. The van der Waals surface area contributed by atoms with E-state index in [4.69, 9.17) is 0 Å². The molecular formula is C16H18N2O3. The zero-order chi connectivity index (χ0) is 15.1. The third-order valence-electron chi connectivity index (χ3n) is 3.14. The Labute approximate surface area is 123 Å². The van der Waals surface area contributed by atoms with Crippen molar-refractivity contribution >= 4 is 5.69 Å². The Morgan fingerprint density at radius 2 is 1.81 bits per heavy atom. The Morgan fingerprint density at radius 3 is 2.52 bits per heavy atom. The van der Waals surface area contributed by atoms with Crippen LogP contribution in [0.5, 0.6) is 0 Å². The van der Waals surface area contributed by atoms with Gasteiger partial charge < -0.3 is 10.4 Å². The van der Waals surface area contributed by atoms with Crippen LogP contribution in [0.1, 0.15) is 11.1 Å². The van der Waals surface area contributed by atoms with Gasteiger partial charge in [0.2, 0.25) is 0 Å². The number of aliphatic hydroxyl groups is 1. The van der Waals surface area contributed by atoms with Gasteiger partial charge in [-0.1, -0.05) is 42.5 Å². The summed E-state index contributed by atoms with van der Waals surface area (Å²) in [6.45, 7) is 0.936. The van der Waals surface area contributed by atoms with Crippen LogP contribution >= 0.6 is 0 Å². The maximum Gasteiger partial charge on any atom is 0.269 e. The van der Waals surface area contributed by atoms with Gasteiger partial charge in [-0.05, 0) is 17.5 Å². The van der Waals surface area contributed by atoms with E-state index in [-0.39, 0.29) is 5.69 Å². The van der Waals surface area contributed by atoms with E-state index in [1.165, 1.54) is 12.1 Å². The molecule has 0 heterocycles. The molecule has 0 aliphatic carbocycles. The van der Waals surface area contributed by atoms with Crippen molar-refractivity contribution in [1.82, 2.24) is 5.32 Å². The average molecular weight is 286 g/mol. The number of hydrogen-bond acceptors (Lipinski definition) is 4. The standard InChI is InChI=1S/C16H18N2O3/c19-16(10-13-5-2-1-3-6-13)12-17-11-14-7-4-8-15(9-14)18(20)21/h1-9,16-17,19H,10-12H2. The van der Waals surface area contributed by atoms with Crippen molar-refractivity contribution in [3.05, 3.63) is 75.8 Å². The fourth-order valence-electron chi connectivity index (χ4n) is 2.12. The molecule has 0 bridgehead atoms. The first kappa shape index (κ1) is 15.2. The number of non-ortho nitro benzene ring substituents is 1. The fourth-order valence-corrected chi connectivity index (χ4v) is 2.12. The van der Waals surface area contributed by atoms with Gasteiger partial charge in [0.25, 0.3) is 5.69 Å². The third kappa shape index (κ3) is 4.98. The van der Waals surface area contributed by atoms with E-state index < -0.39 is 11.0 Å². The summed E-state index contributed by atoms with van der Waals surface area (Å²) in [6, 6.07) is 16.3. The molecule has 110 valence electrons. The van der Waals surface area contributed by atoms with E-state index in [0.717, 1.165) is 11.1 Å². The van der Waals surface area contributed by atoms with E-state index in [9.17, 15) is 15.2 Å². The molecule has 1 unspecified atom stereocenters. The molecule has 0 amide bonds. The van der Waals surface area contributed by atoms with Crippen molar-refractivity contribution in [3.63, 3.8) is 0 Å². The highest BCUT2D eigenvalue weighted by atomic mass is 16.6. The second-order valence-corrected chi connectivity index (χ2v) is 4.90. The van der Waals surface area contributed by atoms with Crippen LogP contribution in [0.4, 0.5) is 5.69 Å². The molecule has 0 aliphatic heterocycles. The lowest BCUT2D eigenvalue weighted by molar-refractivity contribution is -0.384. The van der Waals surface area contributed by atoms with Crippen LogP contribution in [0.15, 0.2) is 54.6 Å². The second kappa shape index (κ2) is 7.52. The Kier molecular flexibility index (Phi) is 5.43. The molecule has 2 aromatic carbocycles. The molecule has 0 aromatic heterocycles. The molecule has 1 atom stereocenters. The number of benzene rings is 2. The zero-order valence-corrected chi connectivity index (χ0v) is 11.6. The lowest BCUT2D eigenvalue weighted by Crippen LogP contribution is -2.28. The molecule has 2 rings (SSSR count). The predicted molar refractivity (Wildman–Crippen MR) is 81.0 cm³/mol. The molecule has 2 N–H and O–H groups in total. The van der Waals surface area contributed by atoms with Crippen LogP contribution in [0.2, 0.25) is 0 Å². The monoisotopic (exact) mass is 286 g/mol. The highest BCUT2D eigenvalue weighted by Gasteiger charge is 2.07. The minimum atomic E-state index is -0.480. The van der Waals surface area contributed by atoms with Gasteiger partial charge in [0, 0.05) is 25.2 Å². The number of nitrogens with one attached hydrogen (secondary N) is 1. The number of hydrogen-bond donors (Lipinski definition) is 2. The summed E-state index contributed by atoms with van der Waals surface area (Å²) in [5, 5.41) is 23.8. The first-order chi connectivity index (χ1) is 10.1. The summed E-state index contributed by atoms with van der Waals surface area (Å²) >= 11 is 0. The quantitative estimate of drug-likeness (QED) is 0.605. The van der Waals surface area contributed by atoms with Gasteiger partial charge in [-0.3, -0.25) is 10.1 Å². The summed E-state index contributed by atoms with van der Waals surface area (Å²) in [5.74, 6) is 0. The summed E-state index contributed by atoms with van der Waals surface area (Å²) in [5.41, 5.74) is 2.00. The lowest BCUT2D eigenvalue weighted by atomic mass is 10.1. The fraction of sp³-hybridized carbons (Fsp3) is 0.250. The van der Waals surface area contributed by atoms with E-state index in [0.29, 0.717) is 19.5 Å². The summed E-state index contributed by atoms with van der Waals surface area (Å²) in [6.07, 6.45) is 0.106. The van der Waals surface area contributed by atoms with E-state index in [1.807, 2.05) is 36.4 Å². The Morgan fingerprint density at radius 1 is 1.10 bits per heavy atom. The largest absolute Gasteiger partial charge is 0.391 e. The molecule has 21 heavy (non-hydrogen) atoms. The number of aliphatic hydroxyl groups excluding tert-OH is 1. The van der Waals surface area contributed by atoms with Crippen molar-refractivity contribution in [2.24, 2.45) is 0 Å². The Hall–Kier alpha value is -2.24. The van der Waals surface area contributed by atoms with E-state index in [2.05, 4.69) is 5.32 Å². The third-order valence-corrected chi connectivity index (χ3v) is 3.14. The number of nitro groups is 1. The van der Waals surface area contributed by atoms with Gasteiger partial charge in [0.05, 0.1) is 11.0 Å². The van der Waals surface area contributed by atoms with Crippen LogP contribution in [0, 0.1) is 10.1 Å². The van der Waals surface area contributed by atoms with Crippen molar-refractivity contribution in [2.75, 3.05) is 6.54 Å². The maximum atomic E-state index is 10.7. The van der Waals surface area contributed by atoms with Crippen molar-refractivity contribution < 1.29 is 10.0 Å². The van der Waals surface area contributed by atoms with Crippen LogP contribution < -0.4 is 5.32 Å². The average Bonchev–Trinajstić information content (AvgIpc) is 2.48. The van der Waals surface area contributed by atoms with Crippen LogP contribution in [0.25, 0.3) is 0 Å². The molecule has 0 saturated heterocycles. The number of rotatable bonds is 7. The van der Waals surface area contributed by atoms with Gasteiger partial charge in [-0.2, -0.15) is 0 Å². The van der Waals surface area contributed by atoms with Crippen LogP contribution in [-0.2, 0) is 13.0 Å². The Balaban J connectivity index is 1.78. The minimum absolute atomic E-state index is 0.0825. The normalized spacial score (nSPS) is 12.0. The minimum Gasteiger partial charge on any atom is -0.391 e. The highest BCUT2D eigenvalue weighted by Crippen LogP contribution is 2.12. The van der Waals surface area contributed by atoms with Crippen LogP contribution in [-0.4, -0.2) is 22.7 Å². The van der Waals surface area contributed by atoms with Gasteiger partial charge >= 0.3 is 0 Å². The summed E-state index contributed by atoms with van der Waals surface area (Å²) in [4.78, 5) is 10.3. The highest BCUT2D eigenvalue weighted by molar-refractivity contribution is 5.34. The maximum absolute atomic E-state index is 10.7. The van der Waals surface area contributed by atoms with Gasteiger partial charge in [-0.25, -0.2) is 0 Å².